The normalized spacial score (nSPS) is 12.7. The molecule has 118 valence electrons. The molecule has 0 spiro atoms. The minimum absolute atomic E-state index is 0.196. The number of nitrogens with one attached hydrogen (secondary N) is 1. The van der Waals surface area contributed by atoms with E-state index < -0.39 is 0 Å². The molecular formula is C20H16NO2S+. The fourth-order valence-electron chi connectivity index (χ4n) is 2.86. The Balaban J connectivity index is 1.84. The molecule has 1 aliphatic rings. The molecule has 3 aromatic rings. The summed E-state index contributed by atoms with van der Waals surface area (Å²) in [5.41, 5.74) is 2.84. The Kier molecular flexibility index (Phi) is 3.75. The molecule has 4 heteroatoms. The molecule has 0 radical (unpaired) electrons. The van der Waals surface area contributed by atoms with Crippen molar-refractivity contribution in [2.45, 2.75) is 14.7 Å². The Morgan fingerprint density at radius 1 is 0.833 bits per heavy atom. The summed E-state index contributed by atoms with van der Waals surface area (Å²) in [6, 6.07) is 24.5. The third-order valence-electron chi connectivity index (χ3n) is 3.99. The number of rotatable bonds is 2. The number of carbonyl (C=O) groups excluding carboxylic acids is 1. The molecule has 3 aromatic carbocycles. The van der Waals surface area contributed by atoms with Gasteiger partial charge in [-0.15, -0.1) is 0 Å². The number of hydrogen-bond donors (Lipinski definition) is 1. The van der Waals surface area contributed by atoms with Gasteiger partial charge in [0.15, 0.2) is 14.7 Å². The number of hydrogen-bond acceptors (Lipinski definition) is 3. The summed E-state index contributed by atoms with van der Waals surface area (Å²) >= 11 is 0. The molecule has 3 nitrogen and oxygen atoms in total. The predicted octanol–water partition coefficient (Wildman–Crippen LogP) is 4.63. The van der Waals surface area contributed by atoms with Gasteiger partial charge in [0.25, 0.3) is 0 Å². The fourth-order valence-corrected chi connectivity index (χ4v) is 5.12. The number of ether oxygens (including phenoxy) is 1. The van der Waals surface area contributed by atoms with E-state index in [1.165, 1.54) is 21.8 Å². The topological polar surface area (TPSA) is 38.3 Å². The number of benzene rings is 3. The molecule has 0 aromatic heterocycles. The molecule has 0 bridgehead atoms. The van der Waals surface area contributed by atoms with Crippen LogP contribution < -0.4 is 5.32 Å². The van der Waals surface area contributed by atoms with Crippen molar-refractivity contribution >= 4 is 28.2 Å². The van der Waals surface area contributed by atoms with Crippen LogP contribution >= 0.6 is 0 Å². The molecule has 0 saturated heterocycles. The first-order chi connectivity index (χ1) is 11.8. The van der Waals surface area contributed by atoms with Crippen molar-refractivity contribution in [3.05, 3.63) is 78.4 Å². The molecule has 1 aliphatic heterocycles. The minimum Gasteiger partial charge on any atom is -0.465 e. The smallest absolute Gasteiger partial charge is 0.337 e. The van der Waals surface area contributed by atoms with Crippen LogP contribution in [0.2, 0.25) is 0 Å². The van der Waals surface area contributed by atoms with Gasteiger partial charge in [0.2, 0.25) is 0 Å². The molecule has 0 saturated carbocycles. The maximum atomic E-state index is 11.7. The van der Waals surface area contributed by atoms with Gasteiger partial charge in [-0.3, -0.25) is 0 Å². The zero-order chi connectivity index (χ0) is 16.5. The number of carbonyl (C=O) groups is 1. The van der Waals surface area contributed by atoms with Crippen LogP contribution in [0.3, 0.4) is 0 Å². The van der Waals surface area contributed by atoms with Gasteiger partial charge >= 0.3 is 5.97 Å². The molecular weight excluding hydrogens is 318 g/mol. The molecule has 0 fully saturated rings. The van der Waals surface area contributed by atoms with Gasteiger partial charge in [-0.05, 0) is 48.5 Å². The first-order valence-electron chi connectivity index (χ1n) is 7.65. The van der Waals surface area contributed by atoms with Gasteiger partial charge in [0.05, 0.1) is 24.0 Å². The molecule has 4 rings (SSSR count). The van der Waals surface area contributed by atoms with Crippen molar-refractivity contribution in [1.29, 1.82) is 0 Å². The van der Waals surface area contributed by atoms with Crippen molar-refractivity contribution in [2.24, 2.45) is 0 Å². The summed E-state index contributed by atoms with van der Waals surface area (Å²) < 4.78 is 4.79. The monoisotopic (exact) mass is 334 g/mol. The third-order valence-corrected chi connectivity index (χ3v) is 6.33. The largest absolute Gasteiger partial charge is 0.465 e. The van der Waals surface area contributed by atoms with Crippen molar-refractivity contribution in [3.63, 3.8) is 0 Å². The minimum atomic E-state index is -0.309. The van der Waals surface area contributed by atoms with E-state index in [-0.39, 0.29) is 16.9 Å². The van der Waals surface area contributed by atoms with Gasteiger partial charge in [0.1, 0.15) is 10.9 Å². The zero-order valence-electron chi connectivity index (χ0n) is 13.2. The van der Waals surface area contributed by atoms with Crippen LogP contribution in [0.5, 0.6) is 0 Å². The highest BCUT2D eigenvalue weighted by molar-refractivity contribution is 7.97. The number of para-hydroxylation sites is 2. The lowest BCUT2D eigenvalue weighted by molar-refractivity contribution is 0.0600. The average molecular weight is 334 g/mol. The Labute approximate surface area is 143 Å². The fraction of sp³-hybridized carbons (Fsp3) is 0.0500. The average Bonchev–Trinajstić information content (AvgIpc) is 2.65. The van der Waals surface area contributed by atoms with Gasteiger partial charge in [-0.2, -0.15) is 0 Å². The summed E-state index contributed by atoms with van der Waals surface area (Å²) in [6.45, 7) is 0. The van der Waals surface area contributed by atoms with Gasteiger partial charge in [-0.1, -0.05) is 24.3 Å². The van der Waals surface area contributed by atoms with E-state index in [4.69, 9.17) is 4.74 Å². The Morgan fingerprint density at radius 2 is 1.38 bits per heavy atom. The van der Waals surface area contributed by atoms with E-state index in [0.717, 1.165) is 11.4 Å². The second-order valence-electron chi connectivity index (χ2n) is 5.44. The summed E-state index contributed by atoms with van der Waals surface area (Å²) in [5.74, 6) is -0.309. The first kappa shape index (κ1) is 14.8. The van der Waals surface area contributed by atoms with Crippen LogP contribution in [-0.4, -0.2) is 13.1 Å². The lowest BCUT2D eigenvalue weighted by Crippen LogP contribution is -2.14. The summed E-state index contributed by atoms with van der Waals surface area (Å²) in [5, 5.41) is 3.51. The van der Waals surface area contributed by atoms with Crippen LogP contribution in [0, 0.1) is 0 Å². The second-order valence-corrected chi connectivity index (χ2v) is 7.40. The Hall–Kier alpha value is -2.72. The van der Waals surface area contributed by atoms with Crippen LogP contribution in [0.15, 0.2) is 87.5 Å². The van der Waals surface area contributed by atoms with E-state index in [1.54, 1.807) is 0 Å². The van der Waals surface area contributed by atoms with Crippen molar-refractivity contribution < 1.29 is 9.53 Å². The summed E-state index contributed by atoms with van der Waals surface area (Å²) in [6.07, 6.45) is 0. The number of anilines is 2. The van der Waals surface area contributed by atoms with E-state index in [9.17, 15) is 4.79 Å². The lowest BCUT2D eigenvalue weighted by Gasteiger charge is -2.20. The maximum Gasteiger partial charge on any atom is 0.337 e. The SMILES string of the molecule is COC(=O)c1ccc([S+]2c3ccccc3Nc3ccccc32)cc1. The van der Waals surface area contributed by atoms with Crippen LogP contribution in [0.4, 0.5) is 11.4 Å². The van der Waals surface area contributed by atoms with E-state index in [0.29, 0.717) is 5.56 Å². The molecule has 0 unspecified atom stereocenters. The summed E-state index contributed by atoms with van der Waals surface area (Å²) in [4.78, 5) is 15.4. The van der Waals surface area contributed by atoms with E-state index in [2.05, 4.69) is 41.7 Å². The first-order valence-corrected chi connectivity index (χ1v) is 8.88. The highest BCUT2D eigenvalue weighted by atomic mass is 32.2. The van der Waals surface area contributed by atoms with Gasteiger partial charge in [-0.25, -0.2) is 4.79 Å². The molecule has 1 N–H and O–H groups in total. The van der Waals surface area contributed by atoms with E-state index >= 15 is 0 Å². The molecule has 24 heavy (non-hydrogen) atoms. The number of fused-ring (bicyclic) bond motifs is 2. The van der Waals surface area contributed by atoms with Crippen LogP contribution in [-0.2, 0) is 15.6 Å². The quantitative estimate of drug-likeness (QED) is 0.429. The molecule has 0 atom stereocenters. The van der Waals surface area contributed by atoms with Crippen molar-refractivity contribution in [3.8, 4) is 0 Å². The van der Waals surface area contributed by atoms with E-state index in [1.807, 2.05) is 36.4 Å². The van der Waals surface area contributed by atoms with Crippen molar-refractivity contribution in [1.82, 2.24) is 0 Å². The standard InChI is InChI=1S/C20H16NO2S/c1-23-20(22)14-10-12-15(13-11-14)24-18-8-4-2-6-16(18)21-17-7-3-5-9-19(17)24/h2-13,21H,1H3/q+1. The molecule has 0 amide bonds. The Morgan fingerprint density at radius 3 is 1.92 bits per heavy atom. The molecule has 0 aliphatic carbocycles. The lowest BCUT2D eigenvalue weighted by atomic mass is 10.2. The van der Waals surface area contributed by atoms with Crippen molar-refractivity contribution in [2.75, 3.05) is 12.4 Å². The second kappa shape index (κ2) is 6.06. The number of methoxy groups -OCH3 is 1. The van der Waals surface area contributed by atoms with Gasteiger partial charge in [0, 0.05) is 0 Å². The Bertz CT molecular complexity index is 860. The molecule has 1 heterocycles. The summed E-state index contributed by atoms with van der Waals surface area (Å²) in [7, 11) is 1.20. The highest BCUT2D eigenvalue weighted by Gasteiger charge is 2.37. The predicted molar refractivity (Wildman–Crippen MR) is 96.1 cm³/mol. The maximum absolute atomic E-state index is 11.7. The highest BCUT2D eigenvalue weighted by Crippen LogP contribution is 2.44. The van der Waals surface area contributed by atoms with Gasteiger partial charge < -0.3 is 10.1 Å². The number of esters is 1. The van der Waals surface area contributed by atoms with Crippen LogP contribution in [0.1, 0.15) is 10.4 Å². The third kappa shape index (κ3) is 2.45. The van der Waals surface area contributed by atoms with Crippen LogP contribution in [0.25, 0.3) is 0 Å². The zero-order valence-corrected chi connectivity index (χ0v) is 14.0.